The maximum absolute atomic E-state index is 5.87. The molecule has 17 heavy (non-hydrogen) atoms. The first-order valence-electron chi connectivity index (χ1n) is 5.28. The minimum atomic E-state index is 0.877. The van der Waals surface area contributed by atoms with E-state index in [4.69, 9.17) is 4.74 Å². The maximum Gasteiger partial charge on any atom is 0.140 e. The quantitative estimate of drug-likeness (QED) is 0.500. The zero-order chi connectivity index (χ0) is 12.3. The first kappa shape index (κ1) is 12.9. The molecule has 0 unspecified atom stereocenters. The molecule has 0 heterocycles. The molecule has 1 nitrogen and oxygen atoms in total. The summed E-state index contributed by atoms with van der Waals surface area (Å²) in [6.45, 7) is 2.10. The van der Waals surface area contributed by atoms with Crippen molar-refractivity contribution in [1.82, 2.24) is 0 Å². The van der Waals surface area contributed by atoms with Crippen LogP contribution in [-0.2, 0) is 5.33 Å². The van der Waals surface area contributed by atoms with Crippen LogP contribution in [0.4, 0.5) is 0 Å². The van der Waals surface area contributed by atoms with Gasteiger partial charge in [-0.25, -0.2) is 0 Å². The van der Waals surface area contributed by atoms with Gasteiger partial charge in [0.15, 0.2) is 0 Å². The van der Waals surface area contributed by atoms with Crippen molar-refractivity contribution in [2.75, 3.05) is 0 Å². The summed E-state index contributed by atoms with van der Waals surface area (Å²) in [5, 5.41) is 0.877. The number of hydrogen-bond donors (Lipinski definition) is 0. The van der Waals surface area contributed by atoms with E-state index in [1.165, 1.54) is 11.1 Å². The number of rotatable bonds is 3. The highest BCUT2D eigenvalue weighted by atomic mass is 127. The Balaban J connectivity index is 2.25. The zero-order valence-electron chi connectivity index (χ0n) is 9.41. The second kappa shape index (κ2) is 5.87. The lowest BCUT2D eigenvalue weighted by Gasteiger charge is -2.09. The van der Waals surface area contributed by atoms with E-state index in [2.05, 4.69) is 57.6 Å². The molecule has 0 aliphatic heterocycles. The van der Waals surface area contributed by atoms with Crippen molar-refractivity contribution < 1.29 is 4.74 Å². The highest BCUT2D eigenvalue weighted by molar-refractivity contribution is 14.1. The molecular weight excluding hydrogens is 391 g/mol. The first-order chi connectivity index (χ1) is 8.20. The molecule has 0 N–H and O–H groups in total. The van der Waals surface area contributed by atoms with Crippen LogP contribution in [0, 0.1) is 10.5 Å². The van der Waals surface area contributed by atoms with Gasteiger partial charge >= 0.3 is 0 Å². The number of hydrogen-bond acceptors (Lipinski definition) is 1. The van der Waals surface area contributed by atoms with E-state index in [9.17, 15) is 0 Å². The Morgan fingerprint density at radius 3 is 2.59 bits per heavy atom. The van der Waals surface area contributed by atoms with Crippen LogP contribution in [0.3, 0.4) is 0 Å². The Labute approximate surface area is 123 Å². The highest BCUT2D eigenvalue weighted by Gasteiger charge is 2.03. The summed E-state index contributed by atoms with van der Waals surface area (Å²) in [6, 6.07) is 14.2. The number of aryl methyl sites for hydroxylation is 1. The van der Waals surface area contributed by atoms with Gasteiger partial charge in [0.1, 0.15) is 11.5 Å². The van der Waals surface area contributed by atoms with Gasteiger partial charge in [-0.15, -0.1) is 0 Å². The molecule has 2 rings (SSSR count). The topological polar surface area (TPSA) is 9.23 Å². The van der Waals surface area contributed by atoms with Crippen LogP contribution in [0.2, 0.25) is 0 Å². The maximum atomic E-state index is 5.87. The molecule has 0 atom stereocenters. The largest absolute Gasteiger partial charge is 0.456 e. The summed E-state index contributed by atoms with van der Waals surface area (Å²) in [5.41, 5.74) is 2.53. The number of ether oxygens (including phenoxy) is 1. The van der Waals surface area contributed by atoms with Gasteiger partial charge < -0.3 is 4.74 Å². The Hall–Kier alpha value is -0.550. The summed E-state index contributed by atoms with van der Waals surface area (Å²) in [4.78, 5) is 0. The minimum Gasteiger partial charge on any atom is -0.456 e. The van der Waals surface area contributed by atoms with Gasteiger partial charge in [-0.3, -0.25) is 0 Å². The van der Waals surface area contributed by atoms with Crippen molar-refractivity contribution in [3.05, 3.63) is 57.2 Å². The summed E-state index contributed by atoms with van der Waals surface area (Å²) < 4.78 is 6.98. The molecule has 0 aromatic heterocycles. The number of alkyl halides is 1. The van der Waals surface area contributed by atoms with Crippen molar-refractivity contribution in [3.63, 3.8) is 0 Å². The van der Waals surface area contributed by atoms with Crippen LogP contribution in [0.25, 0.3) is 0 Å². The molecule has 0 fully saturated rings. The van der Waals surface area contributed by atoms with Gasteiger partial charge in [0.05, 0.1) is 3.57 Å². The van der Waals surface area contributed by atoms with E-state index in [0.717, 1.165) is 20.4 Å². The third-order valence-electron chi connectivity index (χ3n) is 2.52. The van der Waals surface area contributed by atoms with E-state index in [1.54, 1.807) is 0 Å². The average Bonchev–Trinajstić information content (AvgIpc) is 2.32. The van der Waals surface area contributed by atoms with Crippen LogP contribution in [0.1, 0.15) is 11.1 Å². The fourth-order valence-electron chi connectivity index (χ4n) is 1.54. The van der Waals surface area contributed by atoms with Crippen molar-refractivity contribution in [2.45, 2.75) is 12.3 Å². The van der Waals surface area contributed by atoms with Crippen LogP contribution >= 0.6 is 38.5 Å². The minimum absolute atomic E-state index is 0.877. The lowest BCUT2D eigenvalue weighted by Crippen LogP contribution is -1.90. The number of benzene rings is 2. The summed E-state index contributed by atoms with van der Waals surface area (Å²) in [5.74, 6) is 1.79. The average molecular weight is 403 g/mol. The third-order valence-corrected chi connectivity index (χ3v) is 4.02. The Bertz CT molecular complexity index is 525. The van der Waals surface area contributed by atoms with Gasteiger partial charge in [-0.1, -0.05) is 34.1 Å². The number of para-hydroxylation sites is 1. The molecule has 0 aliphatic rings. The predicted octanol–water partition coefficient (Wildman–Crippen LogP) is 5.29. The number of halogens is 2. The molecule has 0 bridgehead atoms. The monoisotopic (exact) mass is 402 g/mol. The summed E-state index contributed by atoms with van der Waals surface area (Å²) in [6.07, 6.45) is 0. The molecule has 0 saturated carbocycles. The Morgan fingerprint density at radius 2 is 1.94 bits per heavy atom. The van der Waals surface area contributed by atoms with Gasteiger partial charge in [-0.05, 0) is 64.9 Å². The van der Waals surface area contributed by atoms with E-state index in [0.29, 0.717) is 0 Å². The van der Waals surface area contributed by atoms with E-state index >= 15 is 0 Å². The van der Waals surface area contributed by atoms with Crippen molar-refractivity contribution >= 4 is 38.5 Å². The lowest BCUT2D eigenvalue weighted by molar-refractivity contribution is 0.478. The smallest absolute Gasteiger partial charge is 0.140 e. The molecule has 3 heteroatoms. The Kier molecular flexibility index (Phi) is 4.45. The molecule has 0 amide bonds. The van der Waals surface area contributed by atoms with Crippen molar-refractivity contribution in [2.24, 2.45) is 0 Å². The van der Waals surface area contributed by atoms with Gasteiger partial charge in [-0.2, -0.15) is 0 Å². The highest BCUT2D eigenvalue weighted by Crippen LogP contribution is 2.28. The Morgan fingerprint density at radius 1 is 1.18 bits per heavy atom. The van der Waals surface area contributed by atoms with Gasteiger partial charge in [0, 0.05) is 5.33 Å². The second-order valence-electron chi connectivity index (χ2n) is 3.75. The van der Waals surface area contributed by atoms with Crippen molar-refractivity contribution in [3.8, 4) is 11.5 Å². The van der Waals surface area contributed by atoms with Crippen LogP contribution in [0.15, 0.2) is 42.5 Å². The molecule has 0 spiro atoms. The fourth-order valence-corrected chi connectivity index (χ4v) is 2.66. The SMILES string of the molecule is Cc1cc(Oc2ccccc2I)ccc1CBr. The standard InChI is InChI=1S/C14H12BrIO/c1-10-8-12(7-6-11(10)9-15)17-14-5-3-2-4-13(14)16/h2-8H,9H2,1H3. The molecule has 88 valence electrons. The zero-order valence-corrected chi connectivity index (χ0v) is 13.2. The van der Waals surface area contributed by atoms with Gasteiger partial charge in [0.2, 0.25) is 0 Å². The predicted molar refractivity (Wildman–Crippen MR) is 83.0 cm³/mol. The molecule has 2 aromatic rings. The fraction of sp³-hybridized carbons (Fsp3) is 0.143. The van der Waals surface area contributed by atoms with E-state index in [-0.39, 0.29) is 0 Å². The molecule has 0 radical (unpaired) electrons. The van der Waals surface area contributed by atoms with Crippen LogP contribution in [0.5, 0.6) is 11.5 Å². The third kappa shape index (κ3) is 3.22. The van der Waals surface area contributed by atoms with Crippen molar-refractivity contribution in [1.29, 1.82) is 0 Å². The first-order valence-corrected chi connectivity index (χ1v) is 7.48. The van der Waals surface area contributed by atoms with Crippen LogP contribution < -0.4 is 4.74 Å². The summed E-state index contributed by atoms with van der Waals surface area (Å²) >= 11 is 5.75. The molecule has 0 saturated heterocycles. The summed E-state index contributed by atoms with van der Waals surface area (Å²) in [7, 11) is 0. The van der Waals surface area contributed by atoms with E-state index in [1.807, 2.05) is 30.3 Å². The van der Waals surface area contributed by atoms with E-state index < -0.39 is 0 Å². The molecule has 2 aromatic carbocycles. The molecule has 0 aliphatic carbocycles. The normalized spacial score (nSPS) is 10.3. The van der Waals surface area contributed by atoms with Crippen LogP contribution in [-0.4, -0.2) is 0 Å². The second-order valence-corrected chi connectivity index (χ2v) is 5.48. The lowest BCUT2D eigenvalue weighted by atomic mass is 10.1. The molecular formula is C14H12BrIO. The van der Waals surface area contributed by atoms with Gasteiger partial charge in [0.25, 0.3) is 0 Å².